The molecule has 3 nitrogen and oxygen atoms in total. The highest BCUT2D eigenvalue weighted by atomic mass is 16.5. The minimum absolute atomic E-state index is 0.152. The topological polar surface area (TPSA) is 61.3 Å². The second-order valence-corrected chi connectivity index (χ2v) is 5.80. The SMILES string of the molecule is C=C/C(=C\C=C/C)C/C(N)=C/OCC(C)(C)C(C)C.CN. The lowest BCUT2D eigenvalue weighted by Crippen LogP contribution is -2.24. The molecule has 21 heavy (non-hydrogen) atoms. The molecule has 0 saturated carbocycles. The minimum Gasteiger partial charge on any atom is -0.499 e. The molecule has 0 radical (unpaired) electrons. The largest absolute Gasteiger partial charge is 0.499 e. The van der Waals surface area contributed by atoms with Crippen LogP contribution in [0, 0.1) is 11.3 Å². The van der Waals surface area contributed by atoms with Crippen molar-refractivity contribution in [3.63, 3.8) is 0 Å². The molecule has 0 spiro atoms. The van der Waals surface area contributed by atoms with Crippen molar-refractivity contribution in [3.05, 3.63) is 48.4 Å². The zero-order chi connectivity index (χ0) is 16.9. The van der Waals surface area contributed by atoms with Crippen LogP contribution in [0.5, 0.6) is 0 Å². The molecule has 0 aromatic heterocycles. The van der Waals surface area contributed by atoms with E-state index in [1.54, 1.807) is 6.26 Å². The summed E-state index contributed by atoms with van der Waals surface area (Å²) in [5, 5.41) is 0. The van der Waals surface area contributed by atoms with Gasteiger partial charge in [-0.2, -0.15) is 0 Å². The lowest BCUT2D eigenvalue weighted by molar-refractivity contribution is 0.0961. The Morgan fingerprint density at radius 3 is 2.29 bits per heavy atom. The second kappa shape index (κ2) is 12.3. The van der Waals surface area contributed by atoms with Crippen LogP contribution >= 0.6 is 0 Å². The van der Waals surface area contributed by atoms with Crippen molar-refractivity contribution in [1.82, 2.24) is 0 Å². The summed E-state index contributed by atoms with van der Waals surface area (Å²) in [4.78, 5) is 0. The highest BCUT2D eigenvalue weighted by Crippen LogP contribution is 2.26. The average Bonchev–Trinajstić information content (AvgIpc) is 2.45. The average molecular weight is 294 g/mol. The van der Waals surface area contributed by atoms with Crippen molar-refractivity contribution in [2.45, 2.75) is 41.0 Å². The van der Waals surface area contributed by atoms with Crippen molar-refractivity contribution in [2.75, 3.05) is 13.7 Å². The number of hydrogen-bond acceptors (Lipinski definition) is 3. The first-order chi connectivity index (χ1) is 9.83. The number of hydrogen-bond donors (Lipinski definition) is 2. The first-order valence-corrected chi connectivity index (χ1v) is 7.41. The molecule has 0 aromatic rings. The predicted molar refractivity (Wildman–Crippen MR) is 94.7 cm³/mol. The highest BCUT2D eigenvalue weighted by Gasteiger charge is 2.22. The molecule has 0 amide bonds. The van der Waals surface area contributed by atoms with Crippen molar-refractivity contribution in [2.24, 2.45) is 22.8 Å². The van der Waals surface area contributed by atoms with Gasteiger partial charge in [-0.25, -0.2) is 0 Å². The fraction of sp³-hybridized carbons (Fsp3) is 0.556. The van der Waals surface area contributed by atoms with E-state index in [0.717, 1.165) is 11.3 Å². The Labute approximate surface area is 131 Å². The van der Waals surface area contributed by atoms with Crippen LogP contribution in [-0.2, 0) is 4.74 Å². The van der Waals surface area contributed by atoms with E-state index in [1.807, 2.05) is 31.2 Å². The van der Waals surface area contributed by atoms with Gasteiger partial charge in [0.25, 0.3) is 0 Å². The zero-order valence-electron chi connectivity index (χ0n) is 14.6. The number of allylic oxidation sites excluding steroid dienone is 5. The van der Waals surface area contributed by atoms with Crippen molar-refractivity contribution in [3.8, 4) is 0 Å². The molecule has 122 valence electrons. The Morgan fingerprint density at radius 2 is 1.86 bits per heavy atom. The van der Waals surface area contributed by atoms with Crippen LogP contribution in [0.1, 0.15) is 41.0 Å². The van der Waals surface area contributed by atoms with Gasteiger partial charge in [0, 0.05) is 17.5 Å². The summed E-state index contributed by atoms with van der Waals surface area (Å²) in [6.45, 7) is 15.2. The molecule has 0 bridgehead atoms. The lowest BCUT2D eigenvalue weighted by atomic mass is 9.82. The lowest BCUT2D eigenvalue weighted by Gasteiger charge is -2.28. The summed E-state index contributed by atoms with van der Waals surface area (Å²) in [5.74, 6) is 0.570. The van der Waals surface area contributed by atoms with Gasteiger partial charge >= 0.3 is 0 Å². The first-order valence-electron chi connectivity index (χ1n) is 7.41. The van der Waals surface area contributed by atoms with Crippen LogP contribution in [0.25, 0.3) is 0 Å². The van der Waals surface area contributed by atoms with E-state index in [-0.39, 0.29) is 5.41 Å². The Balaban J connectivity index is 0. The second-order valence-electron chi connectivity index (χ2n) is 5.80. The fourth-order valence-electron chi connectivity index (χ4n) is 1.23. The molecule has 0 saturated heterocycles. The minimum atomic E-state index is 0.152. The Hall–Kier alpha value is -1.48. The molecule has 0 unspecified atom stereocenters. The molecule has 0 aliphatic heterocycles. The summed E-state index contributed by atoms with van der Waals surface area (Å²) < 4.78 is 5.60. The molecular weight excluding hydrogens is 260 g/mol. The molecule has 0 rings (SSSR count). The maximum Gasteiger partial charge on any atom is 0.102 e. The summed E-state index contributed by atoms with van der Waals surface area (Å²) in [6, 6.07) is 0. The van der Waals surface area contributed by atoms with Gasteiger partial charge in [0.1, 0.15) is 6.26 Å². The molecule has 0 aliphatic carbocycles. The van der Waals surface area contributed by atoms with E-state index < -0.39 is 0 Å². The van der Waals surface area contributed by atoms with Crippen molar-refractivity contribution >= 4 is 0 Å². The van der Waals surface area contributed by atoms with Gasteiger partial charge < -0.3 is 16.2 Å². The van der Waals surface area contributed by atoms with Crippen molar-refractivity contribution < 1.29 is 4.74 Å². The maximum absolute atomic E-state index is 5.95. The Morgan fingerprint density at radius 1 is 1.29 bits per heavy atom. The summed E-state index contributed by atoms with van der Waals surface area (Å²) in [7, 11) is 1.50. The predicted octanol–water partition coefficient (Wildman–Crippen LogP) is 4.14. The standard InChI is InChI=1S/C17H29NO.CH5N/c1-7-9-10-15(8-2)11-16(18)12-19-13-17(5,6)14(3)4;1-2/h7-10,12,14H,2,11,13,18H2,1,3-6H3;2H2,1H3/b9-7-,15-10+,16-12-;. The maximum atomic E-state index is 5.95. The van der Waals surface area contributed by atoms with Gasteiger partial charge in [-0.05, 0) is 25.5 Å². The highest BCUT2D eigenvalue weighted by molar-refractivity contribution is 5.26. The van der Waals surface area contributed by atoms with E-state index in [2.05, 4.69) is 40.0 Å². The molecule has 3 heteroatoms. The van der Waals surface area contributed by atoms with Gasteiger partial charge in [-0.3, -0.25) is 0 Å². The van der Waals surface area contributed by atoms with Crippen LogP contribution in [0.15, 0.2) is 48.4 Å². The monoisotopic (exact) mass is 294 g/mol. The fourth-order valence-corrected chi connectivity index (χ4v) is 1.23. The van der Waals surface area contributed by atoms with Gasteiger partial charge in [-0.15, -0.1) is 0 Å². The van der Waals surface area contributed by atoms with Crippen molar-refractivity contribution in [1.29, 1.82) is 0 Å². The molecular formula is C18H34N2O. The molecule has 0 heterocycles. The third-order valence-electron chi connectivity index (χ3n) is 3.43. The van der Waals surface area contributed by atoms with Gasteiger partial charge in [0.05, 0.1) is 6.61 Å². The van der Waals surface area contributed by atoms with E-state index >= 15 is 0 Å². The third kappa shape index (κ3) is 10.9. The Kier molecular flexibility index (Phi) is 12.7. The summed E-state index contributed by atoms with van der Waals surface area (Å²) in [6.07, 6.45) is 10.1. The van der Waals surface area contributed by atoms with Crippen LogP contribution in [0.3, 0.4) is 0 Å². The Bertz CT molecular complexity index is 363. The van der Waals surface area contributed by atoms with Crippen LogP contribution in [-0.4, -0.2) is 13.7 Å². The number of ether oxygens (including phenoxy) is 1. The van der Waals surface area contributed by atoms with E-state index in [4.69, 9.17) is 10.5 Å². The molecule has 0 aliphatic rings. The van der Waals surface area contributed by atoms with Crippen LogP contribution < -0.4 is 11.5 Å². The van der Waals surface area contributed by atoms with Gasteiger partial charge in [-0.1, -0.05) is 58.6 Å². The van der Waals surface area contributed by atoms with Crippen LogP contribution in [0.4, 0.5) is 0 Å². The van der Waals surface area contributed by atoms with E-state index in [0.29, 0.717) is 18.9 Å². The van der Waals surface area contributed by atoms with Crippen LogP contribution in [0.2, 0.25) is 0 Å². The van der Waals surface area contributed by atoms with E-state index in [1.165, 1.54) is 7.05 Å². The van der Waals surface area contributed by atoms with E-state index in [9.17, 15) is 0 Å². The number of rotatable bonds is 8. The molecule has 0 fully saturated rings. The first kappa shape index (κ1) is 21.8. The smallest absolute Gasteiger partial charge is 0.102 e. The summed E-state index contributed by atoms with van der Waals surface area (Å²) in [5.41, 5.74) is 12.4. The quantitative estimate of drug-likeness (QED) is 0.522. The van der Waals surface area contributed by atoms with Gasteiger partial charge in [0.15, 0.2) is 0 Å². The normalized spacial score (nSPS) is 13.1. The van der Waals surface area contributed by atoms with Gasteiger partial charge in [0.2, 0.25) is 0 Å². The molecule has 0 aromatic carbocycles. The third-order valence-corrected chi connectivity index (χ3v) is 3.43. The molecule has 4 N–H and O–H groups in total. The number of nitrogens with two attached hydrogens (primary N) is 2. The zero-order valence-corrected chi connectivity index (χ0v) is 14.6. The summed E-state index contributed by atoms with van der Waals surface area (Å²) >= 11 is 0. The molecule has 0 atom stereocenters.